The van der Waals surface area contributed by atoms with E-state index in [0.717, 1.165) is 36.4 Å². The van der Waals surface area contributed by atoms with Crippen LogP contribution in [-0.2, 0) is 16.4 Å². The van der Waals surface area contributed by atoms with Crippen molar-refractivity contribution in [3.63, 3.8) is 0 Å². The Labute approximate surface area is 191 Å². The lowest BCUT2D eigenvalue weighted by molar-refractivity contribution is -0.139. The number of carboxylic acids is 1. The molecule has 0 saturated carbocycles. The van der Waals surface area contributed by atoms with Crippen LogP contribution >= 0.6 is 0 Å². The number of amides is 1. The predicted octanol–water partition coefficient (Wildman–Crippen LogP) is 5.09. The van der Waals surface area contributed by atoms with Gasteiger partial charge < -0.3 is 15.0 Å². The Kier molecular flexibility index (Phi) is 6.93. The number of hydrogen-bond acceptors (Lipinski definition) is 3. The van der Waals surface area contributed by atoms with E-state index in [2.05, 4.69) is 9.88 Å². The average Bonchev–Trinajstić information content (AvgIpc) is 3.05. The molecule has 0 spiro atoms. The van der Waals surface area contributed by atoms with E-state index in [1.54, 1.807) is 0 Å². The standard InChI is InChI=1S/C24H30F3N3O3/c1-15-19(22(33)28-17-7-5-6-16(12-17)24(25,26)27)13-20(23(2,3)4)30(15)18-8-10-29(11-9-18)14-21(31)32/h5-7,12-13,18H,8-11,14H2,1-4H3,(H,28,33)(H,31,32). The van der Waals surface area contributed by atoms with Gasteiger partial charge in [0.05, 0.1) is 17.7 Å². The number of aliphatic carboxylic acids is 1. The summed E-state index contributed by atoms with van der Waals surface area (Å²) in [6, 6.07) is 6.52. The molecule has 33 heavy (non-hydrogen) atoms. The van der Waals surface area contributed by atoms with E-state index in [0.29, 0.717) is 18.7 Å². The number of nitrogens with zero attached hydrogens (tertiary/aromatic N) is 2. The van der Waals surface area contributed by atoms with Crippen LogP contribution in [-0.4, -0.2) is 46.1 Å². The second kappa shape index (κ2) is 9.21. The van der Waals surface area contributed by atoms with Gasteiger partial charge in [-0.15, -0.1) is 0 Å². The normalized spacial score (nSPS) is 16.1. The lowest BCUT2D eigenvalue weighted by Crippen LogP contribution is -2.38. The van der Waals surface area contributed by atoms with Gasteiger partial charge in [-0.05, 0) is 44.0 Å². The zero-order valence-corrected chi connectivity index (χ0v) is 19.3. The minimum Gasteiger partial charge on any atom is -0.480 e. The molecule has 1 amide bonds. The van der Waals surface area contributed by atoms with Gasteiger partial charge in [0.1, 0.15) is 0 Å². The van der Waals surface area contributed by atoms with E-state index in [-0.39, 0.29) is 23.7 Å². The molecule has 1 aliphatic rings. The Hall–Kier alpha value is -2.81. The van der Waals surface area contributed by atoms with Gasteiger partial charge in [-0.3, -0.25) is 14.5 Å². The first-order valence-corrected chi connectivity index (χ1v) is 10.9. The topological polar surface area (TPSA) is 74.6 Å². The fourth-order valence-corrected chi connectivity index (χ4v) is 4.40. The Morgan fingerprint density at radius 2 is 1.76 bits per heavy atom. The number of carboxylic acid groups (broad SMARTS) is 1. The molecule has 1 aromatic carbocycles. The smallest absolute Gasteiger partial charge is 0.416 e. The molecule has 9 heteroatoms. The molecule has 180 valence electrons. The van der Waals surface area contributed by atoms with Crippen LogP contribution in [0, 0.1) is 6.92 Å². The van der Waals surface area contributed by atoms with Crippen molar-refractivity contribution in [2.45, 2.75) is 58.2 Å². The number of likely N-dealkylation sites (tertiary alicyclic amines) is 1. The molecular weight excluding hydrogens is 435 g/mol. The lowest BCUT2D eigenvalue weighted by Gasteiger charge is -2.35. The van der Waals surface area contributed by atoms with E-state index >= 15 is 0 Å². The molecule has 0 aliphatic carbocycles. The molecule has 2 aromatic rings. The highest BCUT2D eigenvalue weighted by atomic mass is 19.4. The summed E-state index contributed by atoms with van der Waals surface area (Å²) < 4.78 is 41.2. The maximum atomic E-state index is 13.1. The number of aromatic nitrogens is 1. The third-order valence-electron chi connectivity index (χ3n) is 6.03. The maximum absolute atomic E-state index is 13.1. The van der Waals surface area contributed by atoms with Crippen molar-refractivity contribution < 1.29 is 27.9 Å². The van der Waals surface area contributed by atoms with Crippen LogP contribution in [0.25, 0.3) is 0 Å². The van der Waals surface area contributed by atoms with Crippen molar-refractivity contribution in [1.29, 1.82) is 0 Å². The van der Waals surface area contributed by atoms with Crippen LogP contribution in [0.5, 0.6) is 0 Å². The number of hydrogen-bond donors (Lipinski definition) is 2. The summed E-state index contributed by atoms with van der Waals surface area (Å²) in [5, 5.41) is 11.6. The molecule has 1 aliphatic heterocycles. The number of benzene rings is 1. The van der Waals surface area contributed by atoms with Gasteiger partial charge in [-0.2, -0.15) is 13.2 Å². The number of rotatable bonds is 5. The molecule has 0 radical (unpaired) electrons. The zero-order chi connectivity index (χ0) is 24.6. The van der Waals surface area contributed by atoms with Crippen molar-refractivity contribution in [3.05, 3.63) is 52.8 Å². The third-order valence-corrected chi connectivity index (χ3v) is 6.03. The first kappa shape index (κ1) is 24.8. The number of piperidine rings is 1. The van der Waals surface area contributed by atoms with E-state index in [1.807, 2.05) is 38.7 Å². The van der Waals surface area contributed by atoms with Crippen LogP contribution in [0.4, 0.5) is 18.9 Å². The van der Waals surface area contributed by atoms with E-state index < -0.39 is 23.6 Å². The Balaban J connectivity index is 1.88. The summed E-state index contributed by atoms with van der Waals surface area (Å²) in [7, 11) is 0. The van der Waals surface area contributed by atoms with Crippen LogP contribution in [0.1, 0.15) is 67.0 Å². The second-order valence-corrected chi connectivity index (χ2v) is 9.58. The summed E-state index contributed by atoms with van der Waals surface area (Å²) in [4.78, 5) is 26.0. The quantitative estimate of drug-likeness (QED) is 0.645. The van der Waals surface area contributed by atoms with Crippen molar-refractivity contribution in [1.82, 2.24) is 9.47 Å². The maximum Gasteiger partial charge on any atom is 0.416 e. The van der Waals surface area contributed by atoms with Crippen LogP contribution in [0.2, 0.25) is 0 Å². The summed E-state index contributed by atoms with van der Waals surface area (Å²) in [6.07, 6.45) is -2.99. The Bertz CT molecular complexity index is 1030. The summed E-state index contributed by atoms with van der Waals surface area (Å²) >= 11 is 0. The molecule has 3 rings (SSSR count). The third kappa shape index (κ3) is 5.76. The molecule has 2 heterocycles. The number of carbonyl (C=O) groups is 2. The Morgan fingerprint density at radius 3 is 2.30 bits per heavy atom. The molecular formula is C24H30F3N3O3. The number of nitrogens with one attached hydrogen (secondary N) is 1. The average molecular weight is 466 g/mol. The SMILES string of the molecule is Cc1c(C(=O)Nc2cccc(C(F)(F)F)c2)cc(C(C)(C)C)n1C1CCN(CC(=O)O)CC1. The predicted molar refractivity (Wildman–Crippen MR) is 120 cm³/mol. The molecule has 0 unspecified atom stereocenters. The number of alkyl halides is 3. The molecule has 1 saturated heterocycles. The van der Waals surface area contributed by atoms with Crippen molar-refractivity contribution in [2.75, 3.05) is 25.0 Å². The highest BCUT2D eigenvalue weighted by Crippen LogP contribution is 2.35. The zero-order valence-electron chi connectivity index (χ0n) is 19.3. The molecule has 6 nitrogen and oxygen atoms in total. The molecule has 0 atom stereocenters. The van der Waals surface area contributed by atoms with Gasteiger partial charge in [-0.1, -0.05) is 26.8 Å². The monoisotopic (exact) mass is 465 g/mol. The largest absolute Gasteiger partial charge is 0.480 e. The number of carbonyl (C=O) groups excluding carboxylic acids is 1. The highest BCUT2D eigenvalue weighted by Gasteiger charge is 2.32. The summed E-state index contributed by atoms with van der Waals surface area (Å²) in [5.74, 6) is -1.31. The van der Waals surface area contributed by atoms with E-state index in [1.165, 1.54) is 12.1 Å². The molecule has 1 fully saturated rings. The second-order valence-electron chi connectivity index (χ2n) is 9.58. The van der Waals surface area contributed by atoms with Gasteiger partial charge in [0, 0.05) is 41.6 Å². The summed E-state index contributed by atoms with van der Waals surface area (Å²) in [5.41, 5.74) is 1.13. The fourth-order valence-electron chi connectivity index (χ4n) is 4.40. The molecule has 1 aromatic heterocycles. The first-order valence-electron chi connectivity index (χ1n) is 10.9. The van der Waals surface area contributed by atoms with Gasteiger partial charge >= 0.3 is 12.1 Å². The summed E-state index contributed by atoms with van der Waals surface area (Å²) in [6.45, 7) is 9.28. The van der Waals surface area contributed by atoms with E-state index in [9.17, 15) is 22.8 Å². The number of anilines is 1. The van der Waals surface area contributed by atoms with Crippen LogP contribution in [0.3, 0.4) is 0 Å². The van der Waals surface area contributed by atoms with Gasteiger partial charge in [0.2, 0.25) is 0 Å². The van der Waals surface area contributed by atoms with E-state index in [4.69, 9.17) is 5.11 Å². The minimum absolute atomic E-state index is 0.00809. The van der Waals surface area contributed by atoms with Gasteiger partial charge in [-0.25, -0.2) is 0 Å². The van der Waals surface area contributed by atoms with Crippen LogP contribution in [0.15, 0.2) is 30.3 Å². The van der Waals surface area contributed by atoms with Crippen LogP contribution < -0.4 is 5.32 Å². The van der Waals surface area contributed by atoms with Crippen molar-refractivity contribution in [2.24, 2.45) is 0 Å². The lowest BCUT2D eigenvalue weighted by atomic mass is 9.91. The fraction of sp³-hybridized carbons (Fsp3) is 0.500. The van der Waals surface area contributed by atoms with Crippen molar-refractivity contribution >= 4 is 17.6 Å². The van der Waals surface area contributed by atoms with Gasteiger partial charge in [0.25, 0.3) is 5.91 Å². The van der Waals surface area contributed by atoms with Gasteiger partial charge in [0.15, 0.2) is 0 Å². The highest BCUT2D eigenvalue weighted by molar-refractivity contribution is 6.05. The Morgan fingerprint density at radius 1 is 1.12 bits per heavy atom. The van der Waals surface area contributed by atoms with Crippen molar-refractivity contribution in [3.8, 4) is 0 Å². The minimum atomic E-state index is -4.49. The molecule has 0 bridgehead atoms. The molecule has 2 N–H and O–H groups in total. The number of halogens is 3. The first-order chi connectivity index (χ1) is 15.3.